The summed E-state index contributed by atoms with van der Waals surface area (Å²) in [6, 6.07) is 16.3. The molecule has 1 N–H and O–H groups in total. The van der Waals surface area contributed by atoms with Gasteiger partial charge in [0.15, 0.2) is 11.5 Å². The van der Waals surface area contributed by atoms with Gasteiger partial charge < -0.3 is 14.6 Å². The van der Waals surface area contributed by atoms with E-state index in [2.05, 4.69) is 36.4 Å². The highest BCUT2D eigenvalue weighted by molar-refractivity contribution is 5.80. The van der Waals surface area contributed by atoms with E-state index in [9.17, 15) is 9.90 Å². The second kappa shape index (κ2) is 11.9. The molecule has 0 aromatic heterocycles. The molecule has 4 nitrogen and oxygen atoms in total. The first-order valence-electron chi connectivity index (χ1n) is 11.7. The molecular weight excluding hydrogens is 400 g/mol. The van der Waals surface area contributed by atoms with Crippen LogP contribution in [0.5, 0.6) is 11.5 Å². The molecule has 0 aliphatic heterocycles. The monoisotopic (exact) mass is 436 g/mol. The molecule has 1 aliphatic carbocycles. The Morgan fingerprint density at radius 1 is 1.00 bits per heavy atom. The number of aliphatic hydroxyl groups is 1. The molecule has 2 atom stereocenters. The van der Waals surface area contributed by atoms with Crippen LogP contribution in [0.1, 0.15) is 56.1 Å². The van der Waals surface area contributed by atoms with E-state index in [0.29, 0.717) is 36.7 Å². The third-order valence-corrected chi connectivity index (χ3v) is 6.40. The maximum Gasteiger partial charge on any atom is 0.160 e. The molecule has 0 spiro atoms. The number of allylic oxidation sites excluding steroid dienone is 1. The summed E-state index contributed by atoms with van der Waals surface area (Å²) in [6.45, 7) is 0. The summed E-state index contributed by atoms with van der Waals surface area (Å²) in [5.74, 6) is 1.95. The van der Waals surface area contributed by atoms with Gasteiger partial charge in [-0.05, 0) is 67.7 Å². The molecule has 0 fully saturated rings. The summed E-state index contributed by atoms with van der Waals surface area (Å²) in [4.78, 5) is 12.5. The van der Waals surface area contributed by atoms with Crippen molar-refractivity contribution in [3.05, 3.63) is 71.8 Å². The number of hydrogen-bond donors (Lipinski definition) is 1. The molecule has 0 saturated carbocycles. The van der Waals surface area contributed by atoms with E-state index in [4.69, 9.17) is 9.47 Å². The molecule has 2 aromatic rings. The van der Waals surface area contributed by atoms with Crippen molar-refractivity contribution in [1.29, 1.82) is 0 Å². The van der Waals surface area contributed by atoms with Crippen molar-refractivity contribution >= 4 is 5.78 Å². The standard InChI is InChI=1S/C28H36O4/c1-31-26-15-13-24(20-27(26)32-2)12-14-25(29)21-28(30)18-16-23(17-19-28)11-7-6-10-22-8-4-3-5-9-22/h3-5,8-9,13,15-16,18,20,23,30H,6-7,10-12,14,17,19,21H2,1-2H3/t23-,28-/m0/s1. The lowest BCUT2D eigenvalue weighted by Gasteiger charge is -2.30. The molecule has 0 radical (unpaired) electrons. The van der Waals surface area contributed by atoms with Crippen LogP contribution >= 0.6 is 0 Å². The van der Waals surface area contributed by atoms with Gasteiger partial charge in [-0.2, -0.15) is 0 Å². The Morgan fingerprint density at radius 2 is 1.78 bits per heavy atom. The zero-order valence-electron chi connectivity index (χ0n) is 19.4. The van der Waals surface area contributed by atoms with Crippen LogP contribution < -0.4 is 9.47 Å². The predicted octanol–water partition coefficient (Wildman–Crippen LogP) is 5.71. The quantitative estimate of drug-likeness (QED) is 0.342. The van der Waals surface area contributed by atoms with Gasteiger partial charge in [0.2, 0.25) is 0 Å². The van der Waals surface area contributed by atoms with E-state index in [1.54, 1.807) is 14.2 Å². The largest absolute Gasteiger partial charge is 0.493 e. The molecule has 0 heterocycles. The van der Waals surface area contributed by atoms with E-state index < -0.39 is 5.60 Å². The van der Waals surface area contributed by atoms with E-state index in [1.165, 1.54) is 18.4 Å². The Hall–Kier alpha value is -2.59. The maximum absolute atomic E-state index is 12.5. The molecule has 32 heavy (non-hydrogen) atoms. The van der Waals surface area contributed by atoms with E-state index >= 15 is 0 Å². The number of methoxy groups -OCH3 is 2. The first kappa shape index (κ1) is 24.1. The van der Waals surface area contributed by atoms with Crippen LogP contribution in [0.2, 0.25) is 0 Å². The lowest BCUT2D eigenvalue weighted by atomic mass is 9.80. The first-order valence-corrected chi connectivity index (χ1v) is 11.7. The molecule has 0 amide bonds. The minimum absolute atomic E-state index is 0.0910. The van der Waals surface area contributed by atoms with Gasteiger partial charge in [0, 0.05) is 12.8 Å². The third kappa shape index (κ3) is 7.23. The number of carbonyl (C=O) groups excluding carboxylic acids is 1. The fraction of sp³-hybridized carbons (Fsp3) is 0.464. The Bertz CT molecular complexity index is 890. The first-order chi connectivity index (χ1) is 15.5. The number of rotatable bonds is 12. The fourth-order valence-corrected chi connectivity index (χ4v) is 4.45. The normalized spacial score (nSPS) is 20.2. The minimum Gasteiger partial charge on any atom is -0.493 e. The molecule has 1 aliphatic rings. The van der Waals surface area contributed by atoms with Gasteiger partial charge in [0.25, 0.3) is 0 Å². The van der Waals surface area contributed by atoms with Crippen LogP contribution in [-0.4, -0.2) is 30.7 Å². The highest BCUT2D eigenvalue weighted by Gasteiger charge is 2.30. The summed E-state index contributed by atoms with van der Waals surface area (Å²) in [5.41, 5.74) is 1.43. The molecule has 172 valence electrons. The van der Waals surface area contributed by atoms with Crippen molar-refractivity contribution in [2.24, 2.45) is 5.92 Å². The highest BCUT2D eigenvalue weighted by atomic mass is 16.5. The lowest BCUT2D eigenvalue weighted by Crippen LogP contribution is -2.32. The second-order valence-electron chi connectivity index (χ2n) is 8.90. The number of ether oxygens (including phenoxy) is 2. The SMILES string of the molecule is COc1ccc(CCC(=O)C[C@]2(O)C=C[C@H](CCCCc3ccccc3)CC2)cc1OC. The zero-order chi connectivity index (χ0) is 22.8. The van der Waals surface area contributed by atoms with Crippen molar-refractivity contribution in [3.8, 4) is 11.5 Å². The number of benzene rings is 2. The Morgan fingerprint density at radius 3 is 2.47 bits per heavy atom. The van der Waals surface area contributed by atoms with Crippen LogP contribution in [-0.2, 0) is 17.6 Å². The van der Waals surface area contributed by atoms with Gasteiger partial charge in [-0.1, -0.05) is 55.0 Å². The summed E-state index contributed by atoms with van der Waals surface area (Å²) in [7, 11) is 3.21. The van der Waals surface area contributed by atoms with Crippen LogP contribution in [0.15, 0.2) is 60.7 Å². The predicted molar refractivity (Wildman–Crippen MR) is 128 cm³/mol. The average Bonchev–Trinajstić information content (AvgIpc) is 2.82. The van der Waals surface area contributed by atoms with E-state index in [0.717, 1.165) is 24.8 Å². The van der Waals surface area contributed by atoms with Crippen LogP contribution in [0, 0.1) is 5.92 Å². The smallest absolute Gasteiger partial charge is 0.160 e. The van der Waals surface area contributed by atoms with Gasteiger partial charge in [-0.25, -0.2) is 0 Å². The maximum atomic E-state index is 12.5. The lowest BCUT2D eigenvalue weighted by molar-refractivity contribution is -0.122. The van der Waals surface area contributed by atoms with Crippen LogP contribution in [0.4, 0.5) is 0 Å². The van der Waals surface area contributed by atoms with E-state index in [1.807, 2.05) is 24.3 Å². The van der Waals surface area contributed by atoms with Crippen molar-refractivity contribution < 1.29 is 19.4 Å². The van der Waals surface area contributed by atoms with Crippen molar-refractivity contribution in [3.63, 3.8) is 0 Å². The molecule has 2 aromatic carbocycles. The molecule has 3 rings (SSSR count). The number of ketones is 1. The van der Waals surface area contributed by atoms with Crippen LogP contribution in [0.25, 0.3) is 0 Å². The topological polar surface area (TPSA) is 55.8 Å². The molecule has 0 unspecified atom stereocenters. The van der Waals surface area contributed by atoms with Gasteiger partial charge in [0.1, 0.15) is 5.78 Å². The van der Waals surface area contributed by atoms with Crippen molar-refractivity contribution in [2.45, 2.75) is 63.4 Å². The van der Waals surface area contributed by atoms with Gasteiger partial charge in [0.05, 0.1) is 19.8 Å². The van der Waals surface area contributed by atoms with Crippen molar-refractivity contribution in [2.75, 3.05) is 14.2 Å². The number of unbranched alkanes of at least 4 members (excludes halogenated alkanes) is 1. The van der Waals surface area contributed by atoms with E-state index in [-0.39, 0.29) is 12.2 Å². The Labute approximate surface area is 192 Å². The highest BCUT2D eigenvalue weighted by Crippen LogP contribution is 2.32. The zero-order valence-corrected chi connectivity index (χ0v) is 19.4. The number of carbonyl (C=O) groups is 1. The summed E-state index contributed by atoms with van der Waals surface area (Å²) in [5, 5.41) is 10.9. The summed E-state index contributed by atoms with van der Waals surface area (Å²) < 4.78 is 10.6. The third-order valence-electron chi connectivity index (χ3n) is 6.40. The second-order valence-corrected chi connectivity index (χ2v) is 8.90. The average molecular weight is 437 g/mol. The molecule has 0 saturated heterocycles. The Balaban J connectivity index is 1.39. The minimum atomic E-state index is -0.991. The molecule has 0 bridgehead atoms. The number of aryl methyl sites for hydroxylation is 2. The van der Waals surface area contributed by atoms with Gasteiger partial charge >= 0.3 is 0 Å². The van der Waals surface area contributed by atoms with Crippen LogP contribution in [0.3, 0.4) is 0 Å². The Kier molecular flexibility index (Phi) is 8.92. The molecule has 4 heteroatoms. The van der Waals surface area contributed by atoms with Crippen molar-refractivity contribution in [1.82, 2.24) is 0 Å². The number of hydrogen-bond acceptors (Lipinski definition) is 4. The summed E-state index contributed by atoms with van der Waals surface area (Å²) in [6.07, 6.45) is 11.5. The summed E-state index contributed by atoms with van der Waals surface area (Å²) >= 11 is 0. The number of Topliss-reactive ketones (excluding diaryl/α,β-unsaturated/α-hetero) is 1. The molecular formula is C28H36O4. The fourth-order valence-electron chi connectivity index (χ4n) is 4.45. The van der Waals surface area contributed by atoms with Gasteiger partial charge in [-0.15, -0.1) is 0 Å². The van der Waals surface area contributed by atoms with Gasteiger partial charge in [-0.3, -0.25) is 4.79 Å².